The lowest BCUT2D eigenvalue weighted by Crippen LogP contribution is -2.31. The fourth-order valence-corrected chi connectivity index (χ4v) is 3.41. The van der Waals surface area contributed by atoms with Crippen molar-refractivity contribution < 1.29 is 13.9 Å². The average molecular weight is 383 g/mol. The molecule has 4 rings (SSSR count). The first kappa shape index (κ1) is 18.4. The zero-order valence-electron chi connectivity index (χ0n) is 15.4. The smallest absolute Gasteiger partial charge is 0.258 e. The van der Waals surface area contributed by atoms with Crippen molar-refractivity contribution in [3.63, 3.8) is 0 Å². The highest BCUT2D eigenvalue weighted by atomic mass is 19.1. The Morgan fingerprint density at radius 1 is 1.32 bits per heavy atom. The van der Waals surface area contributed by atoms with Crippen molar-refractivity contribution >= 4 is 16.9 Å². The van der Waals surface area contributed by atoms with E-state index in [9.17, 15) is 9.18 Å². The Balaban J connectivity index is 1.34. The number of amides is 1. The molecule has 1 aromatic carbocycles. The van der Waals surface area contributed by atoms with Crippen molar-refractivity contribution in [3.05, 3.63) is 54.1 Å². The van der Waals surface area contributed by atoms with Gasteiger partial charge in [0, 0.05) is 30.6 Å². The summed E-state index contributed by atoms with van der Waals surface area (Å²) in [7, 11) is 0. The minimum atomic E-state index is -0.343. The van der Waals surface area contributed by atoms with Crippen LogP contribution in [0.15, 0.2) is 42.6 Å². The van der Waals surface area contributed by atoms with Gasteiger partial charge in [-0.05, 0) is 49.4 Å². The molecule has 8 heteroatoms. The molecule has 3 heterocycles. The van der Waals surface area contributed by atoms with Crippen molar-refractivity contribution in [2.75, 3.05) is 26.2 Å². The molecule has 0 bridgehead atoms. The summed E-state index contributed by atoms with van der Waals surface area (Å²) >= 11 is 0. The van der Waals surface area contributed by atoms with Crippen LogP contribution in [-0.2, 0) is 11.3 Å². The van der Waals surface area contributed by atoms with Gasteiger partial charge in [-0.25, -0.2) is 14.1 Å². The number of nitrogens with one attached hydrogen (secondary N) is 2. The van der Waals surface area contributed by atoms with Crippen molar-refractivity contribution in [2.45, 2.75) is 18.9 Å². The first-order valence-electron chi connectivity index (χ1n) is 9.38. The second kappa shape index (κ2) is 8.35. The molecule has 2 N–H and O–H groups in total. The largest absolute Gasteiger partial charge is 0.484 e. The maximum absolute atomic E-state index is 12.9. The number of pyridine rings is 1. The van der Waals surface area contributed by atoms with Crippen molar-refractivity contribution in [2.24, 2.45) is 0 Å². The Hall–Kier alpha value is -3.00. The van der Waals surface area contributed by atoms with Crippen LogP contribution in [0, 0.1) is 5.82 Å². The van der Waals surface area contributed by atoms with Crippen LogP contribution < -0.4 is 15.4 Å². The first-order chi connectivity index (χ1) is 13.7. The number of hydrogen-bond donors (Lipinski definition) is 2. The molecule has 1 amide bonds. The van der Waals surface area contributed by atoms with Crippen LogP contribution in [0.4, 0.5) is 4.39 Å². The van der Waals surface area contributed by atoms with Gasteiger partial charge in [-0.3, -0.25) is 4.79 Å². The topological polar surface area (TPSA) is 81.1 Å². The summed E-state index contributed by atoms with van der Waals surface area (Å²) < 4.78 is 20.1. The van der Waals surface area contributed by atoms with Crippen molar-refractivity contribution in [1.82, 2.24) is 25.4 Å². The van der Waals surface area contributed by atoms with Gasteiger partial charge >= 0.3 is 0 Å². The van der Waals surface area contributed by atoms with Crippen LogP contribution in [0.1, 0.15) is 18.0 Å². The van der Waals surface area contributed by atoms with Crippen LogP contribution in [0.2, 0.25) is 0 Å². The second-order valence-corrected chi connectivity index (χ2v) is 6.77. The Morgan fingerprint density at radius 2 is 2.18 bits per heavy atom. The van der Waals surface area contributed by atoms with E-state index >= 15 is 0 Å². The third kappa shape index (κ3) is 4.12. The van der Waals surface area contributed by atoms with E-state index < -0.39 is 0 Å². The highest BCUT2D eigenvalue weighted by Crippen LogP contribution is 2.27. The lowest BCUT2D eigenvalue weighted by atomic mass is 10.0. The highest BCUT2D eigenvalue weighted by Gasteiger charge is 2.23. The molecule has 0 saturated carbocycles. The molecule has 146 valence electrons. The summed E-state index contributed by atoms with van der Waals surface area (Å²) in [5.41, 5.74) is 1.90. The summed E-state index contributed by atoms with van der Waals surface area (Å²) in [5.74, 6) is 0.263. The number of carbonyl (C=O) groups excluding carboxylic acids is 1. The van der Waals surface area contributed by atoms with Gasteiger partial charge < -0.3 is 15.4 Å². The number of benzene rings is 1. The minimum absolute atomic E-state index is 0.122. The summed E-state index contributed by atoms with van der Waals surface area (Å²) in [5, 5.41) is 12.0. The summed E-state index contributed by atoms with van der Waals surface area (Å²) in [6.07, 6.45) is 2.82. The van der Waals surface area contributed by atoms with E-state index in [1.165, 1.54) is 24.3 Å². The highest BCUT2D eigenvalue weighted by molar-refractivity contribution is 5.79. The predicted molar refractivity (Wildman–Crippen MR) is 103 cm³/mol. The van der Waals surface area contributed by atoms with Crippen LogP contribution in [-0.4, -0.2) is 46.9 Å². The number of fused-ring (bicyclic) bond motifs is 1. The van der Waals surface area contributed by atoms with E-state index in [0.29, 0.717) is 24.8 Å². The van der Waals surface area contributed by atoms with Crippen LogP contribution in [0.5, 0.6) is 5.75 Å². The van der Waals surface area contributed by atoms with Gasteiger partial charge in [0.05, 0.1) is 12.2 Å². The average Bonchev–Trinajstić information content (AvgIpc) is 3.36. The fraction of sp³-hybridized carbons (Fsp3) is 0.350. The standard InChI is InChI=1S/C20H22FN5O2/c21-15-3-5-16(6-4-15)28-13-18(27)23-10-11-26-20-17(2-1-8-24-20)19(25-26)14-7-9-22-12-14/h1-6,8,14,22H,7,9-13H2,(H,23,27)/t14-/m1/s1. The Labute approximate surface area is 161 Å². The molecule has 1 aliphatic heterocycles. The SMILES string of the molecule is O=C(COc1ccc(F)cc1)NCCn1nc([C@@H]2CCNC2)c2cccnc21. The Bertz CT molecular complexity index is 951. The number of carbonyl (C=O) groups is 1. The first-order valence-corrected chi connectivity index (χ1v) is 9.38. The molecular formula is C20H22FN5O2. The quantitative estimate of drug-likeness (QED) is 0.651. The maximum atomic E-state index is 12.9. The van der Waals surface area contributed by atoms with E-state index in [1.807, 2.05) is 10.7 Å². The van der Waals surface area contributed by atoms with Crippen molar-refractivity contribution in [3.8, 4) is 5.75 Å². The van der Waals surface area contributed by atoms with E-state index in [2.05, 4.69) is 21.7 Å². The molecule has 1 saturated heterocycles. The van der Waals surface area contributed by atoms with Gasteiger partial charge in [0.15, 0.2) is 12.3 Å². The molecule has 0 radical (unpaired) electrons. The van der Waals surface area contributed by atoms with Gasteiger partial charge in [-0.1, -0.05) is 0 Å². The summed E-state index contributed by atoms with van der Waals surface area (Å²) in [6, 6.07) is 9.54. The third-order valence-electron chi connectivity index (χ3n) is 4.81. The molecule has 1 atom stereocenters. The number of aromatic nitrogens is 3. The second-order valence-electron chi connectivity index (χ2n) is 6.77. The third-order valence-corrected chi connectivity index (χ3v) is 4.81. The van der Waals surface area contributed by atoms with Gasteiger partial charge in [0.25, 0.3) is 5.91 Å². The number of rotatable bonds is 7. The molecule has 7 nitrogen and oxygen atoms in total. The van der Waals surface area contributed by atoms with Gasteiger partial charge in [0.2, 0.25) is 0 Å². The summed E-state index contributed by atoms with van der Waals surface area (Å²) in [4.78, 5) is 16.5. The predicted octanol–water partition coefficient (Wildman–Crippen LogP) is 1.84. The molecule has 2 aromatic heterocycles. The summed E-state index contributed by atoms with van der Waals surface area (Å²) in [6.45, 7) is 2.75. The lowest BCUT2D eigenvalue weighted by molar-refractivity contribution is -0.123. The zero-order chi connectivity index (χ0) is 19.3. The minimum Gasteiger partial charge on any atom is -0.484 e. The van der Waals surface area contributed by atoms with Gasteiger partial charge in [-0.2, -0.15) is 5.10 Å². The number of halogens is 1. The number of hydrogen-bond acceptors (Lipinski definition) is 5. The molecular weight excluding hydrogens is 361 g/mol. The van der Waals surface area contributed by atoms with Crippen molar-refractivity contribution in [1.29, 1.82) is 0 Å². The van der Waals surface area contributed by atoms with Crippen LogP contribution >= 0.6 is 0 Å². The Morgan fingerprint density at radius 3 is 2.96 bits per heavy atom. The van der Waals surface area contributed by atoms with E-state index in [0.717, 1.165) is 36.2 Å². The van der Waals surface area contributed by atoms with E-state index in [1.54, 1.807) is 6.20 Å². The maximum Gasteiger partial charge on any atom is 0.258 e. The van der Waals surface area contributed by atoms with Gasteiger partial charge in [0.1, 0.15) is 11.6 Å². The molecule has 1 fully saturated rings. The normalized spacial score (nSPS) is 16.4. The van der Waals surface area contributed by atoms with Crippen LogP contribution in [0.3, 0.4) is 0 Å². The number of nitrogens with zero attached hydrogens (tertiary/aromatic N) is 3. The molecule has 0 spiro atoms. The lowest BCUT2D eigenvalue weighted by Gasteiger charge is -2.08. The van der Waals surface area contributed by atoms with E-state index in [-0.39, 0.29) is 18.3 Å². The molecule has 28 heavy (non-hydrogen) atoms. The molecule has 3 aromatic rings. The number of ether oxygens (including phenoxy) is 1. The molecule has 0 aliphatic carbocycles. The fourth-order valence-electron chi connectivity index (χ4n) is 3.41. The van der Waals surface area contributed by atoms with Crippen LogP contribution in [0.25, 0.3) is 11.0 Å². The van der Waals surface area contributed by atoms with E-state index in [4.69, 9.17) is 9.84 Å². The molecule has 0 unspecified atom stereocenters. The Kier molecular flexibility index (Phi) is 5.48. The van der Waals surface area contributed by atoms with Gasteiger partial charge in [-0.15, -0.1) is 0 Å². The zero-order valence-corrected chi connectivity index (χ0v) is 15.4. The molecule has 1 aliphatic rings. The monoisotopic (exact) mass is 383 g/mol.